The van der Waals surface area contributed by atoms with Crippen LogP contribution in [0.2, 0.25) is 0 Å². The molecule has 0 unspecified atom stereocenters. The molecule has 0 saturated carbocycles. The zero-order chi connectivity index (χ0) is 11.5. The fourth-order valence-corrected chi connectivity index (χ4v) is 1.45. The molecule has 0 amide bonds. The molecule has 2 rings (SSSR count). The molecule has 1 N–H and O–H groups in total. The number of methoxy groups -OCH3 is 1. The average Bonchev–Trinajstić information content (AvgIpc) is 2.29. The van der Waals surface area contributed by atoms with Crippen molar-refractivity contribution >= 4 is 0 Å². The Kier molecular flexibility index (Phi) is 2.59. The third-order valence-electron chi connectivity index (χ3n) is 2.13. The van der Waals surface area contributed by atoms with Crippen molar-refractivity contribution in [2.75, 3.05) is 7.11 Å². The summed E-state index contributed by atoms with van der Waals surface area (Å²) >= 11 is 0. The van der Waals surface area contributed by atoms with E-state index >= 15 is 0 Å². The van der Waals surface area contributed by atoms with Crippen LogP contribution in [0.4, 0.5) is 0 Å². The summed E-state index contributed by atoms with van der Waals surface area (Å²) in [7, 11) is 1.41. The van der Waals surface area contributed by atoms with Gasteiger partial charge >= 0.3 is 5.69 Å². The molecule has 1 aromatic heterocycles. The van der Waals surface area contributed by atoms with E-state index in [-0.39, 0.29) is 5.88 Å². The molecule has 0 aliphatic heterocycles. The number of aromatic amines is 1. The van der Waals surface area contributed by atoms with Crippen molar-refractivity contribution < 1.29 is 4.74 Å². The average molecular weight is 218 g/mol. The van der Waals surface area contributed by atoms with E-state index in [0.29, 0.717) is 5.69 Å². The summed E-state index contributed by atoms with van der Waals surface area (Å²) in [5, 5.41) is 0. The third-order valence-corrected chi connectivity index (χ3v) is 2.13. The van der Waals surface area contributed by atoms with Crippen LogP contribution in [0.15, 0.2) is 46.0 Å². The fourth-order valence-electron chi connectivity index (χ4n) is 1.45. The molecule has 0 bridgehead atoms. The van der Waals surface area contributed by atoms with Crippen molar-refractivity contribution in [3.8, 4) is 11.6 Å². The molecular weight excluding hydrogens is 208 g/mol. The number of nitrogens with zero attached hydrogens (tertiary/aromatic N) is 1. The molecule has 0 aliphatic carbocycles. The number of para-hydroxylation sites is 1. The van der Waals surface area contributed by atoms with Crippen molar-refractivity contribution in [1.82, 2.24) is 9.55 Å². The quantitative estimate of drug-likeness (QED) is 0.799. The minimum absolute atomic E-state index is 0.208. The lowest BCUT2D eigenvalue weighted by molar-refractivity contribution is 0.381. The largest absolute Gasteiger partial charge is 0.482 e. The Labute approximate surface area is 90.9 Å². The molecule has 0 atom stereocenters. The predicted octanol–water partition coefficient (Wildman–Crippen LogP) is 0.534. The summed E-state index contributed by atoms with van der Waals surface area (Å²) in [6, 6.07) is 10.2. The molecule has 2 aromatic rings. The van der Waals surface area contributed by atoms with Crippen molar-refractivity contribution in [3.63, 3.8) is 0 Å². The SMILES string of the molecule is COc1cc(=O)[nH]c(=O)n1-c1ccccc1. The summed E-state index contributed by atoms with van der Waals surface area (Å²) in [5.41, 5.74) is -0.356. The van der Waals surface area contributed by atoms with Gasteiger partial charge in [-0.1, -0.05) is 18.2 Å². The normalized spacial score (nSPS) is 10.1. The van der Waals surface area contributed by atoms with Crippen LogP contribution in [0.5, 0.6) is 5.88 Å². The Balaban J connectivity index is 2.74. The summed E-state index contributed by atoms with van der Waals surface area (Å²) < 4.78 is 6.30. The summed E-state index contributed by atoms with van der Waals surface area (Å²) in [4.78, 5) is 24.9. The number of nitrogens with one attached hydrogen (secondary N) is 1. The van der Waals surface area contributed by atoms with Crippen LogP contribution in [-0.4, -0.2) is 16.7 Å². The molecule has 5 nitrogen and oxygen atoms in total. The first-order valence-electron chi connectivity index (χ1n) is 4.68. The second-order valence-corrected chi connectivity index (χ2v) is 3.15. The maximum Gasteiger partial charge on any atom is 0.335 e. The van der Waals surface area contributed by atoms with Gasteiger partial charge < -0.3 is 4.74 Å². The maximum atomic E-state index is 11.6. The van der Waals surface area contributed by atoms with Crippen molar-refractivity contribution in [3.05, 3.63) is 57.2 Å². The van der Waals surface area contributed by atoms with E-state index in [9.17, 15) is 9.59 Å². The standard InChI is InChI=1S/C11H10N2O3/c1-16-10-7-9(14)12-11(15)13(10)8-5-3-2-4-6-8/h2-7H,1H3,(H,12,14,15). The first-order valence-corrected chi connectivity index (χ1v) is 4.68. The van der Waals surface area contributed by atoms with Crippen LogP contribution < -0.4 is 16.0 Å². The number of H-pyrrole nitrogens is 1. The van der Waals surface area contributed by atoms with Gasteiger partial charge in [-0.25, -0.2) is 9.36 Å². The first kappa shape index (κ1) is 10.2. The van der Waals surface area contributed by atoms with Gasteiger partial charge in [-0.05, 0) is 12.1 Å². The molecule has 82 valence electrons. The number of benzene rings is 1. The Bertz CT molecular complexity index is 599. The zero-order valence-corrected chi connectivity index (χ0v) is 8.64. The second-order valence-electron chi connectivity index (χ2n) is 3.15. The van der Waals surface area contributed by atoms with Crippen molar-refractivity contribution in [1.29, 1.82) is 0 Å². The molecule has 16 heavy (non-hydrogen) atoms. The highest BCUT2D eigenvalue weighted by Gasteiger charge is 2.07. The van der Waals surface area contributed by atoms with Gasteiger partial charge in [0, 0.05) is 0 Å². The number of rotatable bonds is 2. The maximum absolute atomic E-state index is 11.6. The fraction of sp³-hybridized carbons (Fsp3) is 0.0909. The van der Waals surface area contributed by atoms with Crippen molar-refractivity contribution in [2.24, 2.45) is 0 Å². The van der Waals surface area contributed by atoms with Crippen molar-refractivity contribution in [2.45, 2.75) is 0 Å². The van der Waals surface area contributed by atoms with Gasteiger partial charge in [-0.2, -0.15) is 0 Å². The number of hydrogen-bond donors (Lipinski definition) is 1. The predicted molar refractivity (Wildman–Crippen MR) is 59.2 cm³/mol. The van der Waals surface area contributed by atoms with Gasteiger partial charge in [0.2, 0.25) is 5.88 Å². The first-order chi connectivity index (χ1) is 7.72. The molecule has 1 aromatic carbocycles. The third kappa shape index (κ3) is 1.75. The smallest absolute Gasteiger partial charge is 0.335 e. The summed E-state index contributed by atoms with van der Waals surface area (Å²) in [5.74, 6) is 0.208. The van der Waals surface area contributed by atoms with Gasteiger partial charge in [-0.15, -0.1) is 0 Å². The Morgan fingerprint density at radius 1 is 1.19 bits per heavy atom. The molecule has 5 heteroatoms. The van der Waals surface area contributed by atoms with Crippen LogP contribution in [0.25, 0.3) is 5.69 Å². The van der Waals surface area contributed by atoms with Crippen LogP contribution in [0.3, 0.4) is 0 Å². The van der Waals surface area contributed by atoms with Gasteiger partial charge in [0.1, 0.15) is 0 Å². The van der Waals surface area contributed by atoms with Crippen LogP contribution in [0.1, 0.15) is 0 Å². The topological polar surface area (TPSA) is 64.1 Å². The molecule has 0 fully saturated rings. The lowest BCUT2D eigenvalue weighted by Crippen LogP contribution is -2.29. The summed E-state index contributed by atoms with van der Waals surface area (Å²) in [6.45, 7) is 0. The van der Waals surface area contributed by atoms with E-state index in [0.717, 1.165) is 0 Å². The van der Waals surface area contributed by atoms with Gasteiger partial charge in [-0.3, -0.25) is 9.78 Å². The van der Waals surface area contributed by atoms with E-state index in [2.05, 4.69) is 4.98 Å². The Morgan fingerprint density at radius 3 is 2.50 bits per heavy atom. The van der Waals surface area contributed by atoms with Crippen LogP contribution in [-0.2, 0) is 0 Å². The van der Waals surface area contributed by atoms with E-state index in [1.54, 1.807) is 24.3 Å². The van der Waals surface area contributed by atoms with Crippen LogP contribution >= 0.6 is 0 Å². The van der Waals surface area contributed by atoms with E-state index < -0.39 is 11.2 Å². The lowest BCUT2D eigenvalue weighted by Gasteiger charge is -2.09. The number of ether oxygens (including phenoxy) is 1. The minimum Gasteiger partial charge on any atom is -0.482 e. The van der Waals surface area contributed by atoms with Gasteiger partial charge in [0.25, 0.3) is 5.56 Å². The Hall–Kier alpha value is -2.30. The number of aromatic nitrogens is 2. The van der Waals surface area contributed by atoms with E-state index in [1.807, 2.05) is 6.07 Å². The van der Waals surface area contributed by atoms with Gasteiger partial charge in [0.15, 0.2) is 0 Å². The molecule has 0 spiro atoms. The molecule has 0 aliphatic rings. The zero-order valence-electron chi connectivity index (χ0n) is 8.64. The second kappa shape index (κ2) is 4.06. The number of hydrogen-bond acceptors (Lipinski definition) is 3. The van der Waals surface area contributed by atoms with Gasteiger partial charge in [0.05, 0.1) is 18.9 Å². The minimum atomic E-state index is -0.518. The van der Waals surface area contributed by atoms with E-state index in [1.165, 1.54) is 17.7 Å². The highest BCUT2D eigenvalue weighted by molar-refractivity contribution is 5.35. The van der Waals surface area contributed by atoms with Crippen LogP contribution in [0, 0.1) is 0 Å². The molecule has 0 radical (unpaired) electrons. The Morgan fingerprint density at radius 2 is 1.88 bits per heavy atom. The highest BCUT2D eigenvalue weighted by atomic mass is 16.5. The molecular formula is C11H10N2O3. The lowest BCUT2D eigenvalue weighted by atomic mass is 10.3. The van der Waals surface area contributed by atoms with E-state index in [4.69, 9.17) is 4.74 Å². The molecule has 1 heterocycles. The highest BCUT2D eigenvalue weighted by Crippen LogP contribution is 2.11. The monoisotopic (exact) mass is 218 g/mol. The molecule has 0 saturated heterocycles. The summed E-state index contributed by atoms with van der Waals surface area (Å²) in [6.07, 6.45) is 0.